The molecule has 3 heteroatoms. The third kappa shape index (κ3) is 5.28. The Labute approximate surface area is 134 Å². The lowest BCUT2D eigenvalue weighted by Crippen LogP contribution is -2.43. The van der Waals surface area contributed by atoms with E-state index in [4.69, 9.17) is 17.4 Å². The molecule has 2 rings (SSSR count). The van der Waals surface area contributed by atoms with Crippen LogP contribution in [0.5, 0.6) is 0 Å². The van der Waals surface area contributed by atoms with Crippen molar-refractivity contribution in [1.82, 2.24) is 5.43 Å². The maximum atomic E-state index is 6.07. The number of hydrazine groups is 1. The van der Waals surface area contributed by atoms with E-state index in [-0.39, 0.29) is 0 Å². The molecule has 1 atom stereocenters. The highest BCUT2D eigenvalue weighted by Gasteiger charge is 2.26. The van der Waals surface area contributed by atoms with Crippen molar-refractivity contribution >= 4 is 11.6 Å². The monoisotopic (exact) mass is 308 g/mol. The number of benzene rings is 1. The normalized spacial score (nSPS) is 24.0. The van der Waals surface area contributed by atoms with E-state index in [0.29, 0.717) is 12.0 Å². The first-order chi connectivity index (χ1) is 10.2. The summed E-state index contributed by atoms with van der Waals surface area (Å²) in [5.74, 6) is 7.47. The Morgan fingerprint density at radius 2 is 2.05 bits per heavy atom. The molecule has 0 saturated heterocycles. The molecule has 1 fully saturated rings. The standard InChI is InChI=1S/C18H29ClN2/c1-2-3-5-14-8-10-16(11-9-14)18(21-20)13-15-6-4-7-17(19)12-15/h4,6-7,12,14,16,18,21H,2-3,5,8-11,13,20H2,1H3. The molecule has 0 amide bonds. The van der Waals surface area contributed by atoms with Gasteiger partial charge >= 0.3 is 0 Å². The fourth-order valence-electron chi connectivity index (χ4n) is 3.65. The smallest absolute Gasteiger partial charge is 0.0408 e. The van der Waals surface area contributed by atoms with Crippen molar-refractivity contribution < 1.29 is 0 Å². The quantitative estimate of drug-likeness (QED) is 0.565. The van der Waals surface area contributed by atoms with E-state index in [2.05, 4.69) is 24.5 Å². The minimum Gasteiger partial charge on any atom is -0.271 e. The van der Waals surface area contributed by atoms with Crippen molar-refractivity contribution in [3.05, 3.63) is 34.9 Å². The zero-order chi connectivity index (χ0) is 15.1. The predicted molar refractivity (Wildman–Crippen MR) is 91.2 cm³/mol. The maximum absolute atomic E-state index is 6.07. The lowest BCUT2D eigenvalue weighted by molar-refractivity contribution is 0.211. The van der Waals surface area contributed by atoms with E-state index in [9.17, 15) is 0 Å². The van der Waals surface area contributed by atoms with Gasteiger partial charge < -0.3 is 0 Å². The van der Waals surface area contributed by atoms with Crippen molar-refractivity contribution in [3.63, 3.8) is 0 Å². The molecule has 0 aromatic heterocycles. The molecule has 0 bridgehead atoms. The average Bonchev–Trinajstić information content (AvgIpc) is 2.51. The molecule has 2 nitrogen and oxygen atoms in total. The van der Waals surface area contributed by atoms with Crippen LogP contribution in [0, 0.1) is 11.8 Å². The van der Waals surface area contributed by atoms with Crippen LogP contribution in [0.4, 0.5) is 0 Å². The van der Waals surface area contributed by atoms with Crippen molar-refractivity contribution in [2.24, 2.45) is 17.7 Å². The third-order valence-corrected chi connectivity index (χ3v) is 5.22. The first-order valence-electron chi connectivity index (χ1n) is 8.43. The van der Waals surface area contributed by atoms with Gasteiger partial charge in [-0.2, -0.15) is 0 Å². The zero-order valence-electron chi connectivity index (χ0n) is 13.2. The molecular formula is C18H29ClN2. The second-order valence-electron chi connectivity index (χ2n) is 6.53. The van der Waals surface area contributed by atoms with Crippen LogP contribution < -0.4 is 11.3 Å². The Kier molecular flexibility index (Phi) is 7.01. The van der Waals surface area contributed by atoms with Gasteiger partial charge in [-0.3, -0.25) is 11.3 Å². The van der Waals surface area contributed by atoms with Gasteiger partial charge in [0.25, 0.3) is 0 Å². The van der Waals surface area contributed by atoms with Crippen LogP contribution in [0.2, 0.25) is 5.02 Å². The molecule has 0 radical (unpaired) electrons. The Morgan fingerprint density at radius 1 is 1.29 bits per heavy atom. The Bertz CT molecular complexity index is 413. The SMILES string of the molecule is CCCCC1CCC(C(Cc2cccc(Cl)c2)NN)CC1. The highest BCUT2D eigenvalue weighted by atomic mass is 35.5. The minimum absolute atomic E-state index is 0.371. The molecule has 118 valence electrons. The number of hydrogen-bond acceptors (Lipinski definition) is 2. The van der Waals surface area contributed by atoms with Gasteiger partial charge in [-0.05, 0) is 48.8 Å². The van der Waals surface area contributed by atoms with E-state index in [0.717, 1.165) is 17.4 Å². The summed E-state index contributed by atoms with van der Waals surface area (Å²) in [5.41, 5.74) is 4.33. The van der Waals surface area contributed by atoms with E-state index in [1.54, 1.807) is 0 Å². The molecule has 3 N–H and O–H groups in total. The molecular weight excluding hydrogens is 280 g/mol. The third-order valence-electron chi connectivity index (χ3n) is 4.99. The van der Waals surface area contributed by atoms with E-state index in [1.807, 2.05) is 12.1 Å². The molecule has 21 heavy (non-hydrogen) atoms. The Morgan fingerprint density at radius 3 is 2.67 bits per heavy atom. The van der Waals surface area contributed by atoms with Crippen LogP contribution in [0.3, 0.4) is 0 Å². The van der Waals surface area contributed by atoms with Crippen LogP contribution in [-0.4, -0.2) is 6.04 Å². The van der Waals surface area contributed by atoms with Crippen LogP contribution in [-0.2, 0) is 6.42 Å². The zero-order valence-corrected chi connectivity index (χ0v) is 13.9. The highest BCUT2D eigenvalue weighted by molar-refractivity contribution is 6.30. The van der Waals surface area contributed by atoms with Crippen LogP contribution in [0.15, 0.2) is 24.3 Å². The molecule has 1 saturated carbocycles. The second-order valence-corrected chi connectivity index (χ2v) is 6.97. The summed E-state index contributed by atoms with van der Waals surface area (Å²) in [6.45, 7) is 2.28. The first-order valence-corrected chi connectivity index (χ1v) is 8.81. The number of rotatable bonds is 7. The second kappa shape index (κ2) is 8.77. The molecule has 1 aromatic rings. The summed E-state index contributed by atoms with van der Waals surface area (Å²) in [6, 6.07) is 8.51. The highest BCUT2D eigenvalue weighted by Crippen LogP contribution is 2.34. The molecule has 1 unspecified atom stereocenters. The van der Waals surface area contributed by atoms with Crippen molar-refractivity contribution in [1.29, 1.82) is 0 Å². The Balaban J connectivity index is 1.85. The number of nitrogens with one attached hydrogen (secondary N) is 1. The topological polar surface area (TPSA) is 38.0 Å². The summed E-state index contributed by atoms with van der Waals surface area (Å²) in [7, 11) is 0. The van der Waals surface area contributed by atoms with Crippen LogP contribution in [0.1, 0.15) is 57.4 Å². The predicted octanol–water partition coefficient (Wildman–Crippen LogP) is 4.71. The van der Waals surface area contributed by atoms with E-state index >= 15 is 0 Å². The summed E-state index contributed by atoms with van der Waals surface area (Å²) >= 11 is 6.07. The largest absolute Gasteiger partial charge is 0.271 e. The molecule has 0 aliphatic heterocycles. The van der Waals surface area contributed by atoms with Gasteiger partial charge in [-0.15, -0.1) is 0 Å². The fourth-order valence-corrected chi connectivity index (χ4v) is 3.86. The summed E-state index contributed by atoms with van der Waals surface area (Å²) in [6.07, 6.45) is 10.5. The molecule has 1 aliphatic carbocycles. The van der Waals surface area contributed by atoms with Gasteiger partial charge in [-0.25, -0.2) is 0 Å². The summed E-state index contributed by atoms with van der Waals surface area (Å²) in [4.78, 5) is 0. The Hall–Kier alpha value is -0.570. The van der Waals surface area contributed by atoms with Gasteiger partial charge in [0.2, 0.25) is 0 Å². The molecule has 0 spiro atoms. The van der Waals surface area contributed by atoms with Crippen LogP contribution >= 0.6 is 11.6 Å². The van der Waals surface area contributed by atoms with Crippen molar-refractivity contribution in [2.45, 2.75) is 64.3 Å². The molecule has 1 aromatic carbocycles. The van der Waals surface area contributed by atoms with Gasteiger partial charge in [0.1, 0.15) is 0 Å². The van der Waals surface area contributed by atoms with Crippen molar-refractivity contribution in [2.75, 3.05) is 0 Å². The van der Waals surface area contributed by atoms with Gasteiger partial charge in [-0.1, -0.05) is 62.8 Å². The molecule has 1 aliphatic rings. The lowest BCUT2D eigenvalue weighted by Gasteiger charge is -2.33. The summed E-state index contributed by atoms with van der Waals surface area (Å²) in [5, 5.41) is 0.812. The number of unbranched alkanes of at least 4 members (excludes halogenated alkanes) is 1. The summed E-state index contributed by atoms with van der Waals surface area (Å²) < 4.78 is 0. The molecule has 0 heterocycles. The van der Waals surface area contributed by atoms with Gasteiger partial charge in [0.05, 0.1) is 0 Å². The van der Waals surface area contributed by atoms with E-state index < -0.39 is 0 Å². The lowest BCUT2D eigenvalue weighted by atomic mass is 9.76. The van der Waals surface area contributed by atoms with Crippen molar-refractivity contribution in [3.8, 4) is 0 Å². The fraction of sp³-hybridized carbons (Fsp3) is 0.667. The number of halogens is 1. The average molecular weight is 309 g/mol. The first kappa shape index (κ1) is 16.8. The van der Waals surface area contributed by atoms with E-state index in [1.165, 1.54) is 50.5 Å². The maximum Gasteiger partial charge on any atom is 0.0408 e. The van der Waals surface area contributed by atoms with Crippen LogP contribution in [0.25, 0.3) is 0 Å². The minimum atomic E-state index is 0.371. The van der Waals surface area contributed by atoms with Gasteiger partial charge in [0.15, 0.2) is 0 Å². The number of nitrogens with two attached hydrogens (primary N) is 1. The number of hydrogen-bond donors (Lipinski definition) is 2. The van der Waals surface area contributed by atoms with Gasteiger partial charge in [0, 0.05) is 11.1 Å².